The molecule has 0 N–H and O–H groups in total. The molecule has 2 saturated heterocycles. The summed E-state index contributed by atoms with van der Waals surface area (Å²) in [6.45, 7) is 3.42. The third-order valence-electron chi connectivity index (χ3n) is 7.96. The number of piperidine rings is 1. The maximum absolute atomic E-state index is 14.4. The molecule has 46 heavy (non-hydrogen) atoms. The molecule has 240 valence electrons. The number of halogens is 3. The number of rotatable bonds is 12. The molecule has 0 aliphatic carbocycles. The zero-order valence-electron chi connectivity index (χ0n) is 24.7. The van der Waals surface area contributed by atoms with Gasteiger partial charge in [-0.2, -0.15) is 4.98 Å². The van der Waals surface area contributed by atoms with Gasteiger partial charge >= 0.3 is 12.4 Å². The number of pyridine rings is 1. The Morgan fingerprint density at radius 2 is 1.87 bits per heavy atom. The van der Waals surface area contributed by atoms with Gasteiger partial charge in [-0.15, -0.1) is 0 Å². The molecule has 2 aromatic carbocycles. The van der Waals surface area contributed by atoms with E-state index >= 15 is 0 Å². The van der Waals surface area contributed by atoms with Crippen LogP contribution in [-0.2, 0) is 38.8 Å². The van der Waals surface area contributed by atoms with Crippen molar-refractivity contribution in [1.29, 1.82) is 0 Å². The fraction of sp³-hybridized carbons (Fsp3) is 0.333. The summed E-state index contributed by atoms with van der Waals surface area (Å²) >= 11 is 5.80. The first kappa shape index (κ1) is 31.6. The van der Waals surface area contributed by atoms with E-state index in [0.717, 1.165) is 61.4 Å². The van der Waals surface area contributed by atoms with E-state index < -0.39 is 17.6 Å². The second-order valence-electron chi connectivity index (χ2n) is 11.1. The molecule has 4 aromatic rings. The molecule has 2 aromatic heterocycles. The summed E-state index contributed by atoms with van der Waals surface area (Å²) in [7, 11) is 0. The summed E-state index contributed by atoms with van der Waals surface area (Å²) in [6.07, 6.45) is 5.21. The Morgan fingerprint density at radius 1 is 1.04 bits per heavy atom. The van der Waals surface area contributed by atoms with Crippen molar-refractivity contribution in [2.45, 2.75) is 51.2 Å². The van der Waals surface area contributed by atoms with Gasteiger partial charge in [0, 0.05) is 42.4 Å². The molecule has 0 bridgehead atoms. The van der Waals surface area contributed by atoms with Gasteiger partial charge in [-0.3, -0.25) is 9.69 Å². The van der Waals surface area contributed by atoms with Crippen LogP contribution in [-0.4, -0.2) is 63.8 Å². The molecule has 10 nitrogen and oxygen atoms in total. The number of imidazole rings is 1. The van der Waals surface area contributed by atoms with Crippen LogP contribution in [0, 0.1) is 11.6 Å². The Labute approximate surface area is 268 Å². The fourth-order valence-electron chi connectivity index (χ4n) is 5.42. The Hall–Kier alpha value is -4.39. The van der Waals surface area contributed by atoms with E-state index in [-0.39, 0.29) is 47.6 Å². The molecule has 0 saturated carbocycles. The minimum atomic E-state index is -0.741. The summed E-state index contributed by atoms with van der Waals surface area (Å²) in [6, 6.07) is 12.6. The van der Waals surface area contributed by atoms with Gasteiger partial charge in [-0.25, -0.2) is 18.6 Å². The van der Waals surface area contributed by atoms with Gasteiger partial charge < -0.3 is 23.5 Å². The van der Waals surface area contributed by atoms with E-state index in [1.165, 1.54) is 36.4 Å². The lowest BCUT2D eigenvalue weighted by Gasteiger charge is -2.32. The van der Waals surface area contributed by atoms with Crippen LogP contribution in [0.1, 0.15) is 36.2 Å². The first-order valence-corrected chi connectivity index (χ1v) is 15.3. The molecule has 0 spiro atoms. The quantitative estimate of drug-likeness (QED) is 0.0851. The zero-order chi connectivity index (χ0) is 32.0. The van der Waals surface area contributed by atoms with E-state index in [1.807, 2.05) is 18.2 Å². The van der Waals surface area contributed by atoms with Gasteiger partial charge in [-0.1, -0.05) is 23.7 Å². The highest BCUT2D eigenvalue weighted by atomic mass is 35.5. The molecule has 2 fully saturated rings. The molecule has 13 heteroatoms. The maximum Gasteiger partial charge on any atom is 0.338 e. The average molecular weight is 653 g/mol. The molecule has 0 radical (unpaired) electrons. The Morgan fingerprint density at radius 3 is 2.61 bits per heavy atom. The largest absolute Gasteiger partial charge is 0.474 e. The van der Waals surface area contributed by atoms with E-state index in [9.17, 15) is 18.4 Å². The van der Waals surface area contributed by atoms with Crippen LogP contribution < -0.4 is 9.47 Å². The van der Waals surface area contributed by atoms with Crippen LogP contribution in [0.5, 0.6) is 11.8 Å². The van der Waals surface area contributed by atoms with Gasteiger partial charge in [0.1, 0.15) is 24.4 Å². The van der Waals surface area contributed by atoms with Crippen molar-refractivity contribution in [2.24, 2.45) is 0 Å². The number of esters is 1. The van der Waals surface area contributed by atoms with Gasteiger partial charge in [0.25, 0.3) is 5.88 Å². The van der Waals surface area contributed by atoms with E-state index in [0.29, 0.717) is 13.1 Å². The number of likely N-dealkylation sites (tertiary alicyclic amines) is 1. The summed E-state index contributed by atoms with van der Waals surface area (Å²) in [4.78, 5) is 33.4. The third-order valence-corrected chi connectivity index (χ3v) is 8.20. The highest BCUT2D eigenvalue weighted by Gasteiger charge is 2.26. The molecular formula is C33H31ClF2N4O6. The number of benzene rings is 2. The lowest BCUT2D eigenvalue weighted by atomic mass is 10.1. The first-order chi connectivity index (χ1) is 22.3. The molecular weight excluding hydrogens is 622 g/mol. The van der Waals surface area contributed by atoms with Crippen LogP contribution in [0.4, 0.5) is 8.78 Å². The van der Waals surface area contributed by atoms with Crippen LogP contribution in [0.15, 0.2) is 54.6 Å². The molecule has 6 rings (SSSR count). The number of hydrogen-bond donors (Lipinski definition) is 0. The average Bonchev–Trinajstić information content (AvgIpc) is 3.35. The molecule has 1 atom stereocenters. The second-order valence-corrected chi connectivity index (χ2v) is 11.5. The number of hydrogen-bond acceptors (Lipinski definition) is 9. The first-order valence-electron chi connectivity index (χ1n) is 14.9. The van der Waals surface area contributed by atoms with Gasteiger partial charge in [-0.05, 0) is 61.2 Å². The predicted octanol–water partition coefficient (Wildman–Crippen LogP) is 5.49. The molecule has 2 aliphatic rings. The Bertz CT molecular complexity index is 1750. The SMILES string of the molecule is O=COC(=O)/C=C/c1ccc2nc(CN3CCC(Oc4ccc(F)c(OCc5ccc(Cl)cc5F)n4)CC3)n(C[C@@H]3CCO3)c2c1. The van der Waals surface area contributed by atoms with Crippen molar-refractivity contribution in [3.63, 3.8) is 0 Å². The Kier molecular flexibility index (Phi) is 9.86. The maximum atomic E-state index is 14.4. The van der Waals surface area contributed by atoms with Crippen LogP contribution in [0.3, 0.4) is 0 Å². The summed E-state index contributed by atoms with van der Waals surface area (Å²) in [5, 5.41) is 0.260. The zero-order valence-corrected chi connectivity index (χ0v) is 25.5. The number of carbonyl (C=O) groups excluding carboxylic acids is 2. The minimum Gasteiger partial charge on any atom is -0.474 e. The standard InChI is InChI=1S/C33H31ClF2N4O6/c34-23-4-3-22(27(36)16-23)19-44-33-26(35)5-7-31(38-33)46-24-9-12-39(13-10-24)18-30-37-28-6-1-21(2-8-32(42)45-20-41)15-29(28)40(30)17-25-11-14-43-25/h1-8,15-16,20,24-25H,9-14,17-19H2/b8-2+/t25-/m0/s1. The number of carbonyl (C=O) groups is 2. The highest BCUT2D eigenvalue weighted by molar-refractivity contribution is 6.30. The highest BCUT2D eigenvalue weighted by Crippen LogP contribution is 2.27. The van der Waals surface area contributed by atoms with Crippen molar-refractivity contribution < 1.29 is 37.3 Å². The van der Waals surface area contributed by atoms with Crippen molar-refractivity contribution in [3.05, 3.63) is 88.2 Å². The van der Waals surface area contributed by atoms with Crippen molar-refractivity contribution >= 4 is 41.2 Å². The summed E-state index contributed by atoms with van der Waals surface area (Å²) in [5.74, 6) is -1.08. The smallest absolute Gasteiger partial charge is 0.338 e. The van der Waals surface area contributed by atoms with Crippen molar-refractivity contribution in [1.82, 2.24) is 19.4 Å². The van der Waals surface area contributed by atoms with Crippen LogP contribution in [0.25, 0.3) is 17.1 Å². The molecule has 2 aliphatic heterocycles. The van der Waals surface area contributed by atoms with Crippen LogP contribution in [0.2, 0.25) is 5.02 Å². The molecule has 0 unspecified atom stereocenters. The van der Waals surface area contributed by atoms with Crippen molar-refractivity contribution in [3.8, 4) is 11.8 Å². The summed E-state index contributed by atoms with van der Waals surface area (Å²) < 4.78 is 52.3. The number of nitrogens with zero attached hydrogens (tertiary/aromatic N) is 4. The number of ether oxygens (including phenoxy) is 4. The van der Waals surface area contributed by atoms with E-state index in [1.54, 1.807) is 6.08 Å². The van der Waals surface area contributed by atoms with Crippen molar-refractivity contribution in [2.75, 3.05) is 19.7 Å². The second kappa shape index (κ2) is 14.4. The van der Waals surface area contributed by atoms with E-state index in [4.69, 9.17) is 30.8 Å². The topological polar surface area (TPSA) is 105 Å². The molecule has 4 heterocycles. The normalized spacial score (nSPS) is 17.2. The summed E-state index contributed by atoms with van der Waals surface area (Å²) in [5.41, 5.74) is 2.76. The molecule has 0 amide bonds. The lowest BCUT2D eigenvalue weighted by Crippen LogP contribution is -2.39. The van der Waals surface area contributed by atoms with Gasteiger partial charge in [0.2, 0.25) is 5.88 Å². The fourth-order valence-corrected chi connectivity index (χ4v) is 5.57. The third kappa shape index (κ3) is 7.69. The van der Waals surface area contributed by atoms with E-state index in [2.05, 4.69) is 19.2 Å². The Balaban J connectivity index is 1.08. The lowest BCUT2D eigenvalue weighted by molar-refractivity contribution is -0.147. The monoisotopic (exact) mass is 652 g/mol. The van der Waals surface area contributed by atoms with Crippen LogP contribution >= 0.6 is 11.6 Å². The number of aromatic nitrogens is 3. The minimum absolute atomic E-state index is 0.102. The van der Waals surface area contributed by atoms with Gasteiger partial charge in [0.05, 0.1) is 30.2 Å². The predicted molar refractivity (Wildman–Crippen MR) is 164 cm³/mol. The van der Waals surface area contributed by atoms with Gasteiger partial charge in [0.15, 0.2) is 5.82 Å². The number of fused-ring (bicyclic) bond motifs is 1.